The monoisotopic (exact) mass is 509 g/mol. The van der Waals surface area contributed by atoms with Crippen LogP contribution in [0.4, 0.5) is 26.6 Å². The molecule has 1 aromatic carbocycles. The van der Waals surface area contributed by atoms with Crippen molar-refractivity contribution < 1.29 is 19.1 Å². The van der Waals surface area contributed by atoms with Crippen LogP contribution in [0.3, 0.4) is 0 Å². The number of carboxylic acid groups (broad SMARTS) is 1. The zero-order valence-electron chi connectivity index (χ0n) is 20.7. The quantitative estimate of drug-likeness (QED) is 0.508. The largest absolute Gasteiger partial charge is 0.465 e. The van der Waals surface area contributed by atoms with E-state index in [2.05, 4.69) is 44.2 Å². The molecule has 37 heavy (non-hydrogen) atoms. The molecule has 0 saturated carbocycles. The number of nitrogens with zero attached hydrogens (tertiary/aromatic N) is 5. The highest BCUT2D eigenvalue weighted by Gasteiger charge is 2.30. The van der Waals surface area contributed by atoms with E-state index in [9.17, 15) is 19.1 Å². The van der Waals surface area contributed by atoms with E-state index in [-0.39, 0.29) is 23.7 Å². The standard InChI is InChI=1S/C26H32FN7O3/c1-2-23(35)33-9-3-4-20(16-33)29-24-22(27)13-28-25(31-24)30-19-6-5-17-14-34(15-18(17)12-19)21-7-10-32(11-8-21)26(36)37/h2,5-6,12-13,20-21H,1,3-4,7-11,14-16H2,(H,36,37)(H2,28,29,30,31). The SMILES string of the molecule is C=CC(=O)N1CCCC(Nc2nc(Nc3ccc4c(c3)CN(C3CCN(C(=O)O)CC3)C4)ncc2F)C1. The summed E-state index contributed by atoms with van der Waals surface area (Å²) in [5.74, 6) is -0.279. The van der Waals surface area contributed by atoms with Gasteiger partial charge in [0.1, 0.15) is 0 Å². The zero-order chi connectivity index (χ0) is 25.9. The predicted molar refractivity (Wildman–Crippen MR) is 137 cm³/mol. The van der Waals surface area contributed by atoms with Gasteiger partial charge in [-0.3, -0.25) is 9.69 Å². The Bertz CT molecular complexity index is 1180. The fourth-order valence-corrected chi connectivity index (χ4v) is 5.45. The van der Waals surface area contributed by atoms with Crippen LogP contribution in [0, 0.1) is 5.82 Å². The number of rotatable bonds is 6. The van der Waals surface area contributed by atoms with Gasteiger partial charge in [-0.05, 0) is 55.0 Å². The summed E-state index contributed by atoms with van der Waals surface area (Å²) in [6, 6.07) is 6.38. The molecular weight excluding hydrogens is 477 g/mol. The number of carbonyl (C=O) groups excluding carboxylic acids is 1. The van der Waals surface area contributed by atoms with E-state index in [0.717, 1.165) is 50.7 Å². The number of carbonyl (C=O) groups is 2. The second kappa shape index (κ2) is 10.7. The van der Waals surface area contributed by atoms with E-state index in [1.807, 2.05) is 6.07 Å². The Hall–Kier alpha value is -3.73. The van der Waals surface area contributed by atoms with Crippen molar-refractivity contribution in [2.24, 2.45) is 0 Å². The number of hydrogen-bond acceptors (Lipinski definition) is 7. The molecule has 2 amide bonds. The normalized spacial score (nSPS) is 20.4. The minimum Gasteiger partial charge on any atom is -0.465 e. The minimum absolute atomic E-state index is 0.107. The first-order chi connectivity index (χ1) is 17.9. The van der Waals surface area contributed by atoms with Crippen molar-refractivity contribution >= 4 is 29.5 Å². The Morgan fingerprint density at radius 3 is 2.65 bits per heavy atom. The number of halogens is 1. The number of fused-ring (bicyclic) bond motifs is 1. The molecule has 2 saturated heterocycles. The number of hydrogen-bond donors (Lipinski definition) is 3. The molecule has 0 aliphatic carbocycles. The number of aromatic nitrogens is 2. The molecule has 3 aliphatic heterocycles. The van der Waals surface area contributed by atoms with Crippen molar-refractivity contribution in [1.82, 2.24) is 24.7 Å². The van der Waals surface area contributed by atoms with Gasteiger partial charge < -0.3 is 25.5 Å². The van der Waals surface area contributed by atoms with Gasteiger partial charge in [0.15, 0.2) is 11.6 Å². The summed E-state index contributed by atoms with van der Waals surface area (Å²) >= 11 is 0. The van der Waals surface area contributed by atoms with Crippen LogP contribution >= 0.6 is 0 Å². The molecule has 2 fully saturated rings. The van der Waals surface area contributed by atoms with Crippen LogP contribution in [0.1, 0.15) is 36.8 Å². The lowest BCUT2D eigenvalue weighted by molar-refractivity contribution is -0.127. The van der Waals surface area contributed by atoms with Gasteiger partial charge in [0, 0.05) is 57.0 Å². The first-order valence-electron chi connectivity index (χ1n) is 12.7. The van der Waals surface area contributed by atoms with Crippen molar-refractivity contribution in [1.29, 1.82) is 0 Å². The minimum atomic E-state index is -0.844. The molecule has 196 valence electrons. The maximum Gasteiger partial charge on any atom is 0.407 e. The number of amides is 2. The average molecular weight is 510 g/mol. The van der Waals surface area contributed by atoms with Gasteiger partial charge >= 0.3 is 6.09 Å². The zero-order valence-corrected chi connectivity index (χ0v) is 20.7. The lowest BCUT2D eigenvalue weighted by Crippen LogP contribution is -2.44. The van der Waals surface area contributed by atoms with Crippen LogP contribution in [0.25, 0.3) is 0 Å². The highest BCUT2D eigenvalue weighted by molar-refractivity contribution is 5.87. The van der Waals surface area contributed by atoms with Crippen molar-refractivity contribution in [2.75, 3.05) is 36.8 Å². The van der Waals surface area contributed by atoms with Crippen LogP contribution in [0.15, 0.2) is 37.1 Å². The molecule has 0 radical (unpaired) electrons. The number of benzene rings is 1. The Labute approximate surface area is 215 Å². The van der Waals surface area contributed by atoms with E-state index in [1.165, 1.54) is 22.1 Å². The third kappa shape index (κ3) is 5.66. The molecule has 3 N–H and O–H groups in total. The van der Waals surface area contributed by atoms with E-state index in [1.54, 1.807) is 4.90 Å². The van der Waals surface area contributed by atoms with Crippen molar-refractivity contribution in [3.63, 3.8) is 0 Å². The van der Waals surface area contributed by atoms with Crippen LogP contribution in [-0.4, -0.2) is 80.0 Å². The summed E-state index contributed by atoms with van der Waals surface area (Å²) in [4.78, 5) is 37.2. The molecule has 3 aliphatic rings. The summed E-state index contributed by atoms with van der Waals surface area (Å²) in [5, 5.41) is 15.5. The molecule has 11 heteroatoms. The molecule has 1 atom stereocenters. The van der Waals surface area contributed by atoms with Crippen molar-refractivity contribution in [3.8, 4) is 0 Å². The van der Waals surface area contributed by atoms with Gasteiger partial charge in [0.25, 0.3) is 0 Å². The highest BCUT2D eigenvalue weighted by Crippen LogP contribution is 2.31. The molecule has 4 heterocycles. The third-order valence-electron chi connectivity index (χ3n) is 7.45. The van der Waals surface area contributed by atoms with E-state index >= 15 is 0 Å². The fraction of sp³-hybridized carbons (Fsp3) is 0.462. The highest BCUT2D eigenvalue weighted by atomic mass is 19.1. The predicted octanol–water partition coefficient (Wildman–Crippen LogP) is 3.41. The molecule has 0 bridgehead atoms. The lowest BCUT2D eigenvalue weighted by Gasteiger charge is -2.35. The fourth-order valence-electron chi connectivity index (χ4n) is 5.45. The van der Waals surface area contributed by atoms with E-state index < -0.39 is 11.9 Å². The smallest absolute Gasteiger partial charge is 0.407 e. The molecule has 1 aromatic heterocycles. The summed E-state index contributed by atoms with van der Waals surface area (Å²) in [7, 11) is 0. The van der Waals surface area contributed by atoms with Crippen LogP contribution in [0.2, 0.25) is 0 Å². The molecule has 2 aromatic rings. The Balaban J connectivity index is 1.21. The van der Waals surface area contributed by atoms with Crippen LogP contribution in [-0.2, 0) is 17.9 Å². The maximum atomic E-state index is 14.5. The molecule has 5 rings (SSSR count). The number of likely N-dealkylation sites (tertiary alicyclic amines) is 2. The van der Waals surface area contributed by atoms with E-state index in [0.29, 0.717) is 32.2 Å². The topological polar surface area (TPSA) is 114 Å². The van der Waals surface area contributed by atoms with Crippen molar-refractivity contribution in [3.05, 3.63) is 54.0 Å². The van der Waals surface area contributed by atoms with E-state index in [4.69, 9.17) is 0 Å². The number of nitrogens with one attached hydrogen (secondary N) is 2. The summed E-state index contributed by atoms with van der Waals surface area (Å²) in [6.07, 6.45) is 4.91. The molecule has 0 spiro atoms. The third-order valence-corrected chi connectivity index (χ3v) is 7.45. The molecule has 1 unspecified atom stereocenters. The van der Waals surface area contributed by atoms with Crippen LogP contribution < -0.4 is 10.6 Å². The second-order valence-corrected chi connectivity index (χ2v) is 9.88. The van der Waals surface area contributed by atoms with Crippen molar-refractivity contribution in [2.45, 2.75) is 50.9 Å². The number of anilines is 3. The Morgan fingerprint density at radius 1 is 1.11 bits per heavy atom. The van der Waals surface area contributed by atoms with Gasteiger partial charge in [0.2, 0.25) is 11.9 Å². The average Bonchev–Trinajstić information content (AvgIpc) is 3.34. The maximum absolute atomic E-state index is 14.5. The van der Waals surface area contributed by atoms with Gasteiger partial charge in [-0.25, -0.2) is 14.2 Å². The van der Waals surface area contributed by atoms with Gasteiger partial charge in [-0.2, -0.15) is 4.98 Å². The lowest BCUT2D eigenvalue weighted by atomic mass is 10.0. The molecular formula is C26H32FN7O3. The first-order valence-corrected chi connectivity index (χ1v) is 12.7. The van der Waals surface area contributed by atoms with Gasteiger partial charge in [0.05, 0.1) is 6.20 Å². The van der Waals surface area contributed by atoms with Gasteiger partial charge in [-0.15, -0.1) is 0 Å². The summed E-state index contributed by atoms with van der Waals surface area (Å²) in [6.45, 7) is 7.47. The Kier molecular flexibility index (Phi) is 7.22. The van der Waals surface area contributed by atoms with Gasteiger partial charge in [-0.1, -0.05) is 12.6 Å². The second-order valence-electron chi connectivity index (χ2n) is 9.88. The van der Waals surface area contributed by atoms with Crippen LogP contribution in [0.5, 0.6) is 0 Å². The Morgan fingerprint density at radius 2 is 1.89 bits per heavy atom. The number of piperidine rings is 2. The summed E-state index contributed by atoms with van der Waals surface area (Å²) < 4.78 is 14.5. The molecule has 10 nitrogen and oxygen atoms in total. The first kappa shape index (κ1) is 24.9. The summed E-state index contributed by atoms with van der Waals surface area (Å²) in [5.41, 5.74) is 3.28.